The number of nitrogens with two attached hydrogens (primary N) is 1. The molecule has 1 unspecified atom stereocenters. The highest BCUT2D eigenvalue weighted by Gasteiger charge is 2.38. The molecule has 0 saturated heterocycles. The summed E-state index contributed by atoms with van der Waals surface area (Å²) in [5.74, 6) is -0.480. The first-order valence-corrected chi connectivity index (χ1v) is 6.76. The van der Waals surface area contributed by atoms with Crippen LogP contribution in [0, 0.1) is 5.82 Å². The van der Waals surface area contributed by atoms with Crippen LogP contribution in [0.4, 0.5) is 4.39 Å². The van der Waals surface area contributed by atoms with E-state index in [0.29, 0.717) is 0 Å². The lowest BCUT2D eigenvalue weighted by Gasteiger charge is -2.30. The highest BCUT2D eigenvalue weighted by Crippen LogP contribution is 2.31. The molecule has 2 N–H and O–H groups in total. The van der Waals surface area contributed by atoms with Gasteiger partial charge < -0.3 is 5.73 Å². The zero-order valence-corrected chi connectivity index (χ0v) is 10.4. The van der Waals surface area contributed by atoms with Crippen molar-refractivity contribution in [2.75, 3.05) is 6.26 Å². The van der Waals surface area contributed by atoms with Gasteiger partial charge in [-0.2, -0.15) is 0 Å². The van der Waals surface area contributed by atoms with Gasteiger partial charge in [0, 0.05) is 11.8 Å². The van der Waals surface area contributed by atoms with Gasteiger partial charge in [-0.15, -0.1) is 0 Å². The van der Waals surface area contributed by atoms with Gasteiger partial charge in [-0.25, -0.2) is 12.8 Å². The van der Waals surface area contributed by atoms with E-state index in [4.69, 9.17) is 5.73 Å². The van der Waals surface area contributed by atoms with E-state index in [9.17, 15) is 12.8 Å². The van der Waals surface area contributed by atoms with E-state index in [0.717, 1.165) is 6.26 Å². The van der Waals surface area contributed by atoms with Crippen molar-refractivity contribution in [3.8, 4) is 0 Å². The molecule has 0 amide bonds. The number of rotatable bonds is 3. The molecular weight excluding hydrogens is 229 g/mol. The standard InChI is InChI=1S/C11H16FNO2S/c1-11(2,16(3,14)15)10(13)8-6-4-5-7-9(8)12/h4-7,10H,13H2,1-3H3. The first-order chi connectivity index (χ1) is 7.18. The van der Waals surface area contributed by atoms with Crippen LogP contribution in [0.1, 0.15) is 25.5 Å². The van der Waals surface area contributed by atoms with Gasteiger partial charge in [0.05, 0.1) is 10.8 Å². The molecule has 0 aliphatic heterocycles. The van der Waals surface area contributed by atoms with Gasteiger partial charge >= 0.3 is 0 Å². The Kier molecular flexibility index (Phi) is 3.40. The van der Waals surface area contributed by atoms with E-state index in [1.54, 1.807) is 12.1 Å². The van der Waals surface area contributed by atoms with Crippen molar-refractivity contribution in [3.05, 3.63) is 35.6 Å². The normalized spacial score (nSPS) is 14.8. The Bertz CT molecular complexity index is 483. The summed E-state index contributed by atoms with van der Waals surface area (Å²) in [6.07, 6.45) is 1.10. The third kappa shape index (κ3) is 2.25. The molecule has 1 aromatic rings. The van der Waals surface area contributed by atoms with E-state index in [2.05, 4.69) is 0 Å². The third-order valence-electron chi connectivity index (χ3n) is 2.94. The van der Waals surface area contributed by atoms with Gasteiger partial charge in [0.25, 0.3) is 0 Å². The van der Waals surface area contributed by atoms with Crippen LogP contribution in [0.15, 0.2) is 24.3 Å². The molecule has 0 aromatic heterocycles. The number of halogens is 1. The lowest BCUT2D eigenvalue weighted by molar-refractivity contribution is 0.479. The largest absolute Gasteiger partial charge is 0.323 e. The molecule has 0 fully saturated rings. The van der Waals surface area contributed by atoms with Gasteiger partial charge in [-0.1, -0.05) is 18.2 Å². The number of sulfone groups is 1. The Hall–Kier alpha value is -0.940. The Morgan fingerprint density at radius 2 is 1.81 bits per heavy atom. The summed E-state index contributed by atoms with van der Waals surface area (Å²) in [5.41, 5.74) is 6.06. The molecule has 5 heteroatoms. The average Bonchev–Trinajstić information content (AvgIpc) is 2.15. The third-order valence-corrected chi connectivity index (χ3v) is 5.11. The molecule has 1 aromatic carbocycles. The van der Waals surface area contributed by atoms with Crippen LogP contribution >= 0.6 is 0 Å². The average molecular weight is 245 g/mol. The highest BCUT2D eigenvalue weighted by molar-refractivity contribution is 7.92. The molecule has 1 atom stereocenters. The van der Waals surface area contributed by atoms with E-state index in [1.807, 2.05) is 0 Å². The summed E-state index contributed by atoms with van der Waals surface area (Å²) in [6.45, 7) is 3.00. The van der Waals surface area contributed by atoms with E-state index in [-0.39, 0.29) is 5.56 Å². The van der Waals surface area contributed by atoms with Crippen molar-refractivity contribution in [2.24, 2.45) is 5.73 Å². The second-order valence-electron chi connectivity index (χ2n) is 4.37. The van der Waals surface area contributed by atoms with E-state index < -0.39 is 26.4 Å². The van der Waals surface area contributed by atoms with Crippen molar-refractivity contribution in [3.63, 3.8) is 0 Å². The molecule has 3 nitrogen and oxygen atoms in total. The fourth-order valence-electron chi connectivity index (χ4n) is 1.33. The Balaban J connectivity index is 3.23. The molecule has 0 bridgehead atoms. The van der Waals surface area contributed by atoms with Crippen LogP contribution in [0.25, 0.3) is 0 Å². The predicted molar refractivity (Wildman–Crippen MR) is 62.3 cm³/mol. The minimum atomic E-state index is -3.36. The molecule has 16 heavy (non-hydrogen) atoms. The Morgan fingerprint density at radius 3 is 2.25 bits per heavy atom. The zero-order chi connectivity index (χ0) is 12.6. The van der Waals surface area contributed by atoms with Crippen molar-refractivity contribution < 1.29 is 12.8 Å². The minimum Gasteiger partial charge on any atom is -0.323 e. The lowest BCUT2D eigenvalue weighted by Crippen LogP contribution is -2.42. The summed E-state index contributed by atoms with van der Waals surface area (Å²) in [4.78, 5) is 0. The molecular formula is C11H16FNO2S. The number of hydrogen-bond donors (Lipinski definition) is 1. The molecule has 0 heterocycles. The van der Waals surface area contributed by atoms with Crippen molar-refractivity contribution >= 4 is 9.84 Å². The molecule has 1 rings (SSSR count). The Labute approximate surface area is 95.4 Å². The SMILES string of the molecule is CC(C)(C(N)c1ccccc1F)S(C)(=O)=O. The topological polar surface area (TPSA) is 60.2 Å². The van der Waals surface area contributed by atoms with Crippen LogP contribution in [0.2, 0.25) is 0 Å². The minimum absolute atomic E-state index is 0.220. The second kappa shape index (κ2) is 4.14. The summed E-state index contributed by atoms with van der Waals surface area (Å²) >= 11 is 0. The first kappa shape index (κ1) is 13.1. The van der Waals surface area contributed by atoms with Gasteiger partial charge in [0.2, 0.25) is 0 Å². The fourth-order valence-corrected chi connectivity index (χ4v) is 1.92. The molecule has 0 aliphatic carbocycles. The predicted octanol–water partition coefficient (Wildman–Crippen LogP) is 1.65. The summed E-state index contributed by atoms with van der Waals surface area (Å²) < 4.78 is 35.4. The van der Waals surface area contributed by atoms with Gasteiger partial charge in [-0.05, 0) is 19.9 Å². The van der Waals surface area contributed by atoms with Crippen molar-refractivity contribution in [1.29, 1.82) is 0 Å². The van der Waals surface area contributed by atoms with Crippen LogP contribution in [0.3, 0.4) is 0 Å². The molecule has 0 aliphatic rings. The molecule has 90 valence electrons. The summed E-state index contributed by atoms with van der Waals surface area (Å²) in [5, 5.41) is 0. The van der Waals surface area contributed by atoms with Crippen LogP contribution in [-0.2, 0) is 9.84 Å². The molecule has 0 spiro atoms. The maximum Gasteiger partial charge on any atom is 0.154 e. The number of benzene rings is 1. The van der Waals surface area contributed by atoms with Crippen molar-refractivity contribution in [2.45, 2.75) is 24.6 Å². The maximum absolute atomic E-state index is 13.5. The highest BCUT2D eigenvalue weighted by atomic mass is 32.2. The number of hydrogen-bond acceptors (Lipinski definition) is 3. The van der Waals surface area contributed by atoms with Gasteiger partial charge in [0.15, 0.2) is 9.84 Å². The second-order valence-corrected chi connectivity index (χ2v) is 6.97. The van der Waals surface area contributed by atoms with E-state index >= 15 is 0 Å². The monoisotopic (exact) mass is 245 g/mol. The quantitative estimate of drug-likeness (QED) is 0.880. The maximum atomic E-state index is 13.5. The molecule has 0 saturated carbocycles. The Morgan fingerprint density at radius 1 is 1.31 bits per heavy atom. The van der Waals surface area contributed by atoms with Gasteiger partial charge in [-0.3, -0.25) is 0 Å². The molecule has 0 radical (unpaired) electrons. The first-order valence-electron chi connectivity index (χ1n) is 4.87. The van der Waals surface area contributed by atoms with Crippen LogP contribution in [-0.4, -0.2) is 19.4 Å². The fraction of sp³-hybridized carbons (Fsp3) is 0.455. The summed E-state index contributed by atoms with van der Waals surface area (Å²) in [7, 11) is -3.36. The smallest absolute Gasteiger partial charge is 0.154 e. The van der Waals surface area contributed by atoms with Crippen molar-refractivity contribution in [1.82, 2.24) is 0 Å². The van der Waals surface area contributed by atoms with Gasteiger partial charge in [0.1, 0.15) is 5.82 Å². The zero-order valence-electron chi connectivity index (χ0n) is 9.57. The lowest BCUT2D eigenvalue weighted by atomic mass is 9.96. The van der Waals surface area contributed by atoms with E-state index in [1.165, 1.54) is 26.0 Å². The summed E-state index contributed by atoms with van der Waals surface area (Å²) in [6, 6.07) is 5.07. The van der Waals surface area contributed by atoms with Crippen LogP contribution in [0.5, 0.6) is 0 Å². The van der Waals surface area contributed by atoms with Crippen LogP contribution < -0.4 is 5.73 Å².